The van der Waals surface area contributed by atoms with Gasteiger partial charge in [-0.05, 0) is 45.0 Å². The predicted molar refractivity (Wildman–Crippen MR) is 108 cm³/mol. The average Bonchev–Trinajstić information content (AvgIpc) is 2.84. The number of ether oxygens (including phenoxy) is 1. The molecule has 0 spiro atoms. The lowest BCUT2D eigenvalue weighted by atomic mass is 10.1. The van der Waals surface area contributed by atoms with Gasteiger partial charge in [0.1, 0.15) is 22.2 Å². The van der Waals surface area contributed by atoms with E-state index < -0.39 is 5.54 Å². The molecule has 0 saturated carbocycles. The Bertz CT molecular complexity index is 685. The van der Waals surface area contributed by atoms with E-state index in [4.69, 9.17) is 22.1 Å². The molecule has 0 aliphatic rings. The Kier molecular flexibility index (Phi) is 9.76. The lowest BCUT2D eigenvalue weighted by Crippen LogP contribution is -2.45. The third-order valence-electron chi connectivity index (χ3n) is 2.93. The average molecular weight is 427 g/mol. The second kappa shape index (κ2) is 10.2. The van der Waals surface area contributed by atoms with Gasteiger partial charge in [-0.25, -0.2) is 4.98 Å². The number of aryl methyl sites for hydroxylation is 1. The molecule has 0 atom stereocenters. The van der Waals surface area contributed by atoms with Crippen LogP contribution in [0.3, 0.4) is 0 Å². The maximum atomic E-state index is 12.2. The van der Waals surface area contributed by atoms with Crippen LogP contribution >= 0.6 is 47.8 Å². The molecule has 2 rings (SSSR count). The summed E-state index contributed by atoms with van der Waals surface area (Å²) in [6.07, 6.45) is 0. The van der Waals surface area contributed by atoms with Gasteiger partial charge in [0.25, 0.3) is 5.91 Å². The summed E-state index contributed by atoms with van der Waals surface area (Å²) in [4.78, 5) is 17.2. The lowest BCUT2D eigenvalue weighted by Gasteiger charge is -2.18. The first-order chi connectivity index (χ1) is 10.7. The van der Waals surface area contributed by atoms with Gasteiger partial charge in [0.15, 0.2) is 0 Å². The largest absolute Gasteiger partial charge is 0.486 e. The van der Waals surface area contributed by atoms with Crippen molar-refractivity contribution < 1.29 is 9.53 Å². The first-order valence-electron chi connectivity index (χ1n) is 7.16. The number of aromatic nitrogens is 1. The van der Waals surface area contributed by atoms with Gasteiger partial charge in [-0.2, -0.15) is 0 Å². The second-order valence-corrected chi connectivity index (χ2v) is 7.46. The fourth-order valence-corrected chi connectivity index (χ4v) is 2.81. The summed E-state index contributed by atoms with van der Waals surface area (Å²) in [7, 11) is 0. The van der Waals surface area contributed by atoms with Crippen LogP contribution < -0.4 is 15.8 Å². The normalized spacial score (nSPS) is 10.4. The lowest BCUT2D eigenvalue weighted by molar-refractivity contribution is 0.0949. The molecule has 0 saturated heterocycles. The van der Waals surface area contributed by atoms with Crippen molar-refractivity contribution in [3.8, 4) is 5.75 Å². The first-order valence-corrected chi connectivity index (χ1v) is 8.36. The number of hydrogen-bond donors (Lipinski definition) is 2. The van der Waals surface area contributed by atoms with Crippen LogP contribution in [0.1, 0.15) is 34.2 Å². The summed E-state index contributed by atoms with van der Waals surface area (Å²) in [6.45, 7) is 6.24. The molecule has 0 fully saturated rings. The molecule has 1 heterocycles. The van der Waals surface area contributed by atoms with Crippen molar-refractivity contribution in [3.05, 3.63) is 44.9 Å². The predicted octanol–water partition coefficient (Wildman–Crippen LogP) is 3.99. The number of thiazole rings is 1. The van der Waals surface area contributed by atoms with Crippen LogP contribution in [0.25, 0.3) is 0 Å². The maximum Gasteiger partial charge on any atom is 0.263 e. The van der Waals surface area contributed by atoms with Gasteiger partial charge in [0.2, 0.25) is 0 Å². The van der Waals surface area contributed by atoms with E-state index in [1.54, 1.807) is 24.3 Å². The van der Waals surface area contributed by atoms with Crippen molar-refractivity contribution in [1.82, 2.24) is 10.3 Å². The van der Waals surface area contributed by atoms with Gasteiger partial charge in [-0.3, -0.25) is 4.79 Å². The number of nitrogens with one attached hydrogen (secondary N) is 1. The molecule has 2 aromatic rings. The van der Waals surface area contributed by atoms with Gasteiger partial charge in [0.05, 0.1) is 5.69 Å². The Hall–Kier alpha value is -1.05. The number of carbonyl (C=O) groups excluding carboxylic acids is 1. The second-order valence-electron chi connectivity index (χ2n) is 5.94. The SMILES string of the molecule is Cc1nc(COc2ccc(Cl)cc2)sc1C(=O)NCC(C)(C)N.Cl.Cl. The number of amides is 1. The van der Waals surface area contributed by atoms with Crippen molar-refractivity contribution in [2.75, 3.05) is 6.54 Å². The van der Waals surface area contributed by atoms with Crippen molar-refractivity contribution in [2.45, 2.75) is 32.9 Å². The zero-order valence-corrected chi connectivity index (χ0v) is 17.4. The fourth-order valence-electron chi connectivity index (χ4n) is 1.79. The third-order valence-corrected chi connectivity index (χ3v) is 4.31. The highest BCUT2D eigenvalue weighted by molar-refractivity contribution is 7.13. The van der Waals surface area contributed by atoms with Crippen LogP contribution in [0.4, 0.5) is 0 Å². The minimum absolute atomic E-state index is 0. The number of nitrogens with zero attached hydrogens (tertiary/aromatic N) is 1. The Labute approximate surface area is 169 Å². The van der Waals surface area contributed by atoms with E-state index in [0.29, 0.717) is 34.5 Å². The fraction of sp³-hybridized carbons (Fsp3) is 0.375. The molecule has 25 heavy (non-hydrogen) atoms. The number of rotatable bonds is 6. The van der Waals surface area contributed by atoms with Crippen molar-refractivity contribution in [2.24, 2.45) is 5.73 Å². The maximum absolute atomic E-state index is 12.2. The topological polar surface area (TPSA) is 77.2 Å². The molecule has 0 bridgehead atoms. The smallest absolute Gasteiger partial charge is 0.263 e. The van der Waals surface area contributed by atoms with Gasteiger partial charge < -0.3 is 15.8 Å². The number of halogens is 3. The van der Waals surface area contributed by atoms with Crippen molar-refractivity contribution in [1.29, 1.82) is 0 Å². The third kappa shape index (κ3) is 7.79. The molecule has 0 radical (unpaired) electrons. The van der Waals surface area contributed by atoms with Crippen LogP contribution in [0.15, 0.2) is 24.3 Å². The van der Waals surface area contributed by atoms with Crippen molar-refractivity contribution >= 4 is 53.7 Å². The molecule has 1 aromatic carbocycles. The molecule has 1 amide bonds. The molecule has 0 aliphatic heterocycles. The van der Waals surface area contributed by atoms with E-state index >= 15 is 0 Å². The van der Waals surface area contributed by atoms with Crippen LogP contribution in [0.5, 0.6) is 5.75 Å². The van der Waals surface area contributed by atoms with Gasteiger partial charge >= 0.3 is 0 Å². The van der Waals surface area contributed by atoms with Crippen LogP contribution in [0.2, 0.25) is 5.02 Å². The Morgan fingerprint density at radius 1 is 1.32 bits per heavy atom. The number of nitrogens with two attached hydrogens (primary N) is 1. The summed E-state index contributed by atoms with van der Waals surface area (Å²) in [5, 5.41) is 4.23. The molecule has 0 unspecified atom stereocenters. The molecule has 5 nitrogen and oxygen atoms in total. The highest BCUT2D eigenvalue weighted by atomic mass is 35.5. The van der Waals surface area contributed by atoms with Crippen LogP contribution in [0, 0.1) is 6.92 Å². The quantitative estimate of drug-likeness (QED) is 0.732. The summed E-state index contributed by atoms with van der Waals surface area (Å²) in [6, 6.07) is 7.11. The standard InChI is InChI=1S/C16H20ClN3O2S.2ClH/c1-10-14(15(21)19-9-16(2,3)18)23-13(20-10)8-22-12-6-4-11(17)5-7-12;;/h4-7H,8-9,18H2,1-3H3,(H,19,21);2*1H. The summed E-state index contributed by atoms with van der Waals surface area (Å²) in [5.74, 6) is 0.550. The van der Waals surface area contributed by atoms with Gasteiger partial charge in [0, 0.05) is 17.1 Å². The minimum Gasteiger partial charge on any atom is -0.486 e. The number of benzene rings is 1. The molecular weight excluding hydrogens is 405 g/mol. The molecule has 0 aliphatic carbocycles. The molecule has 3 N–H and O–H groups in total. The van der Waals surface area contributed by atoms with E-state index in [0.717, 1.165) is 5.01 Å². The highest BCUT2D eigenvalue weighted by Gasteiger charge is 2.18. The van der Waals surface area contributed by atoms with E-state index in [1.807, 2.05) is 20.8 Å². The van der Waals surface area contributed by atoms with Gasteiger partial charge in [-0.1, -0.05) is 11.6 Å². The number of carbonyl (C=O) groups is 1. The van der Waals surface area contributed by atoms with Gasteiger partial charge in [-0.15, -0.1) is 36.2 Å². The van der Waals surface area contributed by atoms with Crippen molar-refractivity contribution in [3.63, 3.8) is 0 Å². The molecule has 140 valence electrons. The molecule has 1 aromatic heterocycles. The Morgan fingerprint density at radius 3 is 2.48 bits per heavy atom. The highest BCUT2D eigenvalue weighted by Crippen LogP contribution is 2.21. The van der Waals surface area contributed by atoms with E-state index in [2.05, 4.69) is 10.3 Å². The summed E-state index contributed by atoms with van der Waals surface area (Å²) in [5.41, 5.74) is 6.11. The van der Waals surface area contributed by atoms with E-state index in [-0.39, 0.29) is 30.7 Å². The monoisotopic (exact) mass is 425 g/mol. The first kappa shape index (κ1) is 23.9. The van der Waals surface area contributed by atoms with Crippen LogP contribution in [-0.2, 0) is 6.61 Å². The summed E-state index contributed by atoms with van der Waals surface area (Å²) < 4.78 is 5.65. The zero-order valence-electron chi connectivity index (χ0n) is 14.2. The minimum atomic E-state index is -0.450. The molecular formula is C16H22Cl3N3O2S. The van der Waals surface area contributed by atoms with Crippen LogP contribution in [-0.4, -0.2) is 23.0 Å². The molecule has 9 heteroatoms. The number of hydrogen-bond acceptors (Lipinski definition) is 5. The Morgan fingerprint density at radius 2 is 1.92 bits per heavy atom. The van der Waals surface area contributed by atoms with E-state index in [9.17, 15) is 4.79 Å². The Balaban J connectivity index is 0.00000288. The zero-order chi connectivity index (χ0) is 17.0. The summed E-state index contributed by atoms with van der Waals surface area (Å²) >= 11 is 7.16. The van der Waals surface area contributed by atoms with E-state index in [1.165, 1.54) is 11.3 Å².